The first-order chi connectivity index (χ1) is 10.5. The van der Waals surface area contributed by atoms with Crippen LogP contribution in [0.2, 0.25) is 0 Å². The maximum atomic E-state index is 13.3. The Morgan fingerprint density at radius 2 is 1.91 bits per heavy atom. The van der Waals surface area contributed by atoms with Gasteiger partial charge in [0.2, 0.25) is 0 Å². The number of ether oxygens (including phenoxy) is 2. The maximum absolute atomic E-state index is 13.3. The fourth-order valence-electron chi connectivity index (χ4n) is 4.98. The highest BCUT2D eigenvalue weighted by atomic mass is 32.2. The van der Waals surface area contributed by atoms with E-state index < -0.39 is 11.9 Å². The predicted octanol–water partition coefficient (Wildman–Crippen LogP) is 3.51. The third-order valence-corrected chi connectivity index (χ3v) is 6.10. The Hall–Kier alpha value is 0.01000. The average molecular weight is 340 g/mol. The van der Waals surface area contributed by atoms with Crippen LogP contribution in [0.25, 0.3) is 0 Å². The lowest BCUT2D eigenvalue weighted by Crippen LogP contribution is -2.56. The first kappa shape index (κ1) is 16.9. The van der Waals surface area contributed by atoms with Gasteiger partial charge in [0.15, 0.2) is 0 Å². The normalized spacial score (nSPS) is 40.4. The number of alkyl halides is 2. The summed E-state index contributed by atoms with van der Waals surface area (Å²) >= 11 is -0.253. The van der Waals surface area contributed by atoms with Gasteiger partial charge in [-0.05, 0) is 55.8 Å². The van der Waals surface area contributed by atoms with E-state index in [1.54, 1.807) is 7.11 Å². The van der Waals surface area contributed by atoms with Crippen molar-refractivity contribution in [2.75, 3.05) is 20.3 Å². The van der Waals surface area contributed by atoms with Crippen molar-refractivity contribution in [1.29, 1.82) is 0 Å². The van der Waals surface area contributed by atoms with E-state index in [4.69, 9.17) is 14.7 Å². The van der Waals surface area contributed by atoms with Gasteiger partial charge in [0.1, 0.15) is 18.6 Å². The molecule has 4 fully saturated rings. The third-order valence-electron chi connectivity index (χ3n) is 5.61. The van der Waals surface area contributed by atoms with Crippen LogP contribution < -0.4 is 0 Å². The molecule has 4 aliphatic carbocycles. The van der Waals surface area contributed by atoms with Gasteiger partial charge in [-0.25, -0.2) is 5.26 Å². The topological polar surface area (TPSA) is 57.2 Å². The van der Waals surface area contributed by atoms with E-state index in [0.29, 0.717) is 24.4 Å². The highest BCUT2D eigenvalue weighted by Gasteiger charge is 2.55. The Bertz CT molecular complexity index is 381. The molecule has 0 heterocycles. The van der Waals surface area contributed by atoms with Crippen molar-refractivity contribution in [3.63, 3.8) is 0 Å². The van der Waals surface area contributed by atoms with Gasteiger partial charge in [0.05, 0.1) is 12.2 Å². The Kier molecular flexibility index (Phi) is 4.97. The maximum Gasteiger partial charge on any atom is 0.343 e. The first-order valence-electron chi connectivity index (χ1n) is 7.63. The van der Waals surface area contributed by atoms with Crippen molar-refractivity contribution in [3.8, 4) is 0 Å². The Balaban J connectivity index is 1.50. The van der Waals surface area contributed by atoms with Crippen LogP contribution in [-0.4, -0.2) is 36.4 Å². The number of methoxy groups -OCH3 is 1. The van der Waals surface area contributed by atoms with Gasteiger partial charge >= 0.3 is 5.25 Å². The molecule has 0 aromatic carbocycles. The molecule has 2 atom stereocenters. The summed E-state index contributed by atoms with van der Waals surface area (Å²) in [5.41, 5.74) is 0.0269. The first-order valence-corrected chi connectivity index (χ1v) is 8.38. The number of hydrogen-bond donors (Lipinski definition) is 1. The molecule has 5 nitrogen and oxygen atoms in total. The highest BCUT2D eigenvalue weighted by Crippen LogP contribution is 2.59. The predicted molar refractivity (Wildman–Crippen MR) is 74.9 cm³/mol. The molecule has 128 valence electrons. The van der Waals surface area contributed by atoms with E-state index in [2.05, 4.69) is 9.37 Å². The molecule has 0 spiro atoms. The lowest BCUT2D eigenvalue weighted by atomic mass is 9.50. The largest absolute Gasteiger partial charge is 0.378 e. The summed E-state index contributed by atoms with van der Waals surface area (Å²) in [5, 5.41) is 7.86. The van der Waals surface area contributed by atoms with Crippen LogP contribution in [0, 0.1) is 23.7 Å². The zero-order valence-corrected chi connectivity index (χ0v) is 13.3. The molecule has 0 aromatic rings. The van der Waals surface area contributed by atoms with Crippen LogP contribution in [0.15, 0.2) is 0 Å². The third kappa shape index (κ3) is 3.42. The summed E-state index contributed by atoms with van der Waals surface area (Å²) < 4.78 is 41.5. The van der Waals surface area contributed by atoms with Gasteiger partial charge in [-0.15, -0.1) is 4.33 Å². The van der Waals surface area contributed by atoms with Crippen molar-refractivity contribution >= 4 is 12.0 Å². The molecular formula is C14H22F2O5S. The van der Waals surface area contributed by atoms with E-state index >= 15 is 0 Å². The fraction of sp³-hybridized carbons (Fsp3) is 1.00. The SMILES string of the molecule is COC12CC3CC(C1)C(COCC(F)(F)SOOO)C(C3)C2. The minimum atomic E-state index is -3.25. The van der Waals surface area contributed by atoms with Crippen molar-refractivity contribution in [3.05, 3.63) is 0 Å². The summed E-state index contributed by atoms with van der Waals surface area (Å²) in [6, 6.07) is 0. The van der Waals surface area contributed by atoms with Crippen molar-refractivity contribution in [1.82, 2.24) is 0 Å². The highest BCUT2D eigenvalue weighted by molar-refractivity contribution is 7.95. The summed E-state index contributed by atoms with van der Waals surface area (Å²) in [5.74, 6) is 2.10. The van der Waals surface area contributed by atoms with E-state index in [1.807, 2.05) is 0 Å². The van der Waals surface area contributed by atoms with Crippen LogP contribution in [0.5, 0.6) is 0 Å². The zero-order valence-electron chi connectivity index (χ0n) is 12.5. The second kappa shape index (κ2) is 6.49. The van der Waals surface area contributed by atoms with Crippen LogP contribution >= 0.6 is 12.0 Å². The molecule has 4 bridgehead atoms. The van der Waals surface area contributed by atoms with E-state index in [1.165, 1.54) is 12.8 Å². The molecule has 4 saturated carbocycles. The molecule has 4 rings (SSSR count). The molecule has 4 aliphatic rings. The Morgan fingerprint density at radius 1 is 1.23 bits per heavy atom. The van der Waals surface area contributed by atoms with Gasteiger partial charge < -0.3 is 9.47 Å². The van der Waals surface area contributed by atoms with E-state index in [9.17, 15) is 8.78 Å². The monoisotopic (exact) mass is 340 g/mol. The lowest BCUT2D eigenvalue weighted by Gasteiger charge is -2.59. The van der Waals surface area contributed by atoms with E-state index in [0.717, 1.165) is 25.2 Å². The smallest absolute Gasteiger partial charge is 0.343 e. The van der Waals surface area contributed by atoms with Crippen LogP contribution in [0.1, 0.15) is 32.1 Å². The van der Waals surface area contributed by atoms with Crippen LogP contribution in [-0.2, 0) is 18.8 Å². The lowest BCUT2D eigenvalue weighted by molar-refractivity contribution is -0.433. The van der Waals surface area contributed by atoms with Gasteiger partial charge in [-0.2, -0.15) is 8.78 Å². The minimum Gasteiger partial charge on any atom is -0.378 e. The summed E-state index contributed by atoms with van der Waals surface area (Å²) in [6.45, 7) is -0.409. The molecule has 2 unspecified atom stereocenters. The number of rotatable bonds is 8. The average Bonchev–Trinajstić information content (AvgIpc) is 2.47. The second-order valence-corrected chi connectivity index (χ2v) is 7.80. The van der Waals surface area contributed by atoms with Crippen molar-refractivity contribution in [2.24, 2.45) is 23.7 Å². The number of halogens is 2. The van der Waals surface area contributed by atoms with Gasteiger partial charge in [0.25, 0.3) is 0 Å². The molecular weight excluding hydrogens is 318 g/mol. The molecule has 0 aromatic heterocycles. The standard InChI is InChI=1S/C14H22F2O5S/c1-18-13-4-9-2-10(5-13)12(11(3-9)6-13)7-19-8-14(15,16)22-21-20-17/h9-12,17H,2-8H2,1H3. The van der Waals surface area contributed by atoms with E-state index in [-0.39, 0.29) is 17.6 Å². The van der Waals surface area contributed by atoms with Gasteiger partial charge in [0, 0.05) is 7.11 Å². The van der Waals surface area contributed by atoms with Gasteiger partial charge in [-0.1, -0.05) is 5.04 Å². The molecule has 0 saturated heterocycles. The Labute approximate surface area is 132 Å². The quantitative estimate of drug-likeness (QED) is 0.415. The minimum absolute atomic E-state index is 0.0269. The molecule has 22 heavy (non-hydrogen) atoms. The Morgan fingerprint density at radius 3 is 2.50 bits per heavy atom. The molecule has 1 N–H and O–H groups in total. The molecule has 0 amide bonds. The van der Waals surface area contributed by atoms with Crippen LogP contribution in [0.3, 0.4) is 0 Å². The van der Waals surface area contributed by atoms with Crippen LogP contribution in [0.4, 0.5) is 8.78 Å². The molecule has 8 heteroatoms. The summed E-state index contributed by atoms with van der Waals surface area (Å²) in [7, 11) is 1.79. The number of hydrogen-bond acceptors (Lipinski definition) is 6. The van der Waals surface area contributed by atoms with Crippen molar-refractivity contribution in [2.45, 2.75) is 43.0 Å². The second-order valence-electron chi connectivity index (χ2n) is 6.90. The van der Waals surface area contributed by atoms with Crippen molar-refractivity contribution < 1.29 is 32.9 Å². The zero-order chi connectivity index (χ0) is 15.8. The fourth-order valence-corrected chi connectivity index (χ4v) is 5.24. The molecule has 0 aliphatic heterocycles. The summed E-state index contributed by atoms with van der Waals surface area (Å²) in [4.78, 5) is 0. The van der Waals surface area contributed by atoms with Gasteiger partial charge in [-0.3, -0.25) is 0 Å². The molecule has 0 radical (unpaired) electrons. The summed E-state index contributed by atoms with van der Waals surface area (Å²) in [6.07, 6.45) is 5.54.